The van der Waals surface area contributed by atoms with E-state index in [2.05, 4.69) is 34.4 Å². The number of nitrogens with zero attached hydrogens (tertiary/aromatic N) is 2. The maximum atomic E-state index is 11.8. The third-order valence-electron chi connectivity index (χ3n) is 2.89. The first-order chi connectivity index (χ1) is 9.49. The lowest BCUT2D eigenvalue weighted by atomic mass is 10.1. The highest BCUT2D eigenvalue weighted by Crippen LogP contribution is 2.06. The Kier molecular flexibility index (Phi) is 7.01. The second-order valence-electron chi connectivity index (χ2n) is 5.60. The van der Waals surface area contributed by atoms with Crippen molar-refractivity contribution in [1.29, 1.82) is 0 Å². The highest BCUT2D eigenvalue weighted by molar-refractivity contribution is 5.92. The SMILES string of the molecule is CC(C)CCNC(=O)c1ccc(NCCN(C)C)cn1. The third-order valence-corrected chi connectivity index (χ3v) is 2.89. The number of carbonyl (C=O) groups excluding carboxylic acids is 1. The number of amides is 1. The highest BCUT2D eigenvalue weighted by atomic mass is 16.1. The number of hydrogen-bond donors (Lipinski definition) is 2. The van der Waals surface area contributed by atoms with Gasteiger partial charge in [0.25, 0.3) is 5.91 Å². The smallest absolute Gasteiger partial charge is 0.269 e. The van der Waals surface area contributed by atoms with Crippen molar-refractivity contribution in [3.8, 4) is 0 Å². The lowest BCUT2D eigenvalue weighted by Gasteiger charge is -2.11. The van der Waals surface area contributed by atoms with Crippen LogP contribution < -0.4 is 10.6 Å². The second kappa shape index (κ2) is 8.53. The lowest BCUT2D eigenvalue weighted by Crippen LogP contribution is -2.26. The summed E-state index contributed by atoms with van der Waals surface area (Å²) in [7, 11) is 4.06. The molecule has 1 aromatic heterocycles. The maximum absolute atomic E-state index is 11.8. The van der Waals surface area contributed by atoms with Gasteiger partial charge in [0.15, 0.2) is 0 Å². The molecule has 1 amide bonds. The van der Waals surface area contributed by atoms with Crippen LogP contribution in [0.5, 0.6) is 0 Å². The number of rotatable bonds is 8. The van der Waals surface area contributed by atoms with Crippen LogP contribution in [-0.2, 0) is 0 Å². The van der Waals surface area contributed by atoms with Gasteiger partial charge in [-0.15, -0.1) is 0 Å². The molecule has 0 aliphatic rings. The summed E-state index contributed by atoms with van der Waals surface area (Å²) < 4.78 is 0. The molecule has 0 saturated heterocycles. The average molecular weight is 278 g/mol. The molecule has 1 heterocycles. The van der Waals surface area contributed by atoms with Crippen LogP contribution >= 0.6 is 0 Å². The van der Waals surface area contributed by atoms with Gasteiger partial charge in [0.05, 0.1) is 11.9 Å². The molecule has 0 aliphatic heterocycles. The van der Waals surface area contributed by atoms with Gasteiger partial charge in [0.1, 0.15) is 5.69 Å². The monoisotopic (exact) mass is 278 g/mol. The molecule has 1 aromatic rings. The van der Waals surface area contributed by atoms with E-state index in [1.54, 1.807) is 12.3 Å². The molecular weight excluding hydrogens is 252 g/mol. The molecule has 5 nitrogen and oxygen atoms in total. The Morgan fingerprint density at radius 2 is 2.05 bits per heavy atom. The fourth-order valence-corrected chi connectivity index (χ4v) is 1.62. The van der Waals surface area contributed by atoms with E-state index in [4.69, 9.17) is 0 Å². The third kappa shape index (κ3) is 6.52. The lowest BCUT2D eigenvalue weighted by molar-refractivity contribution is 0.0947. The Hall–Kier alpha value is -1.62. The molecule has 112 valence electrons. The zero-order valence-electron chi connectivity index (χ0n) is 12.9. The maximum Gasteiger partial charge on any atom is 0.269 e. The number of nitrogens with one attached hydrogen (secondary N) is 2. The summed E-state index contributed by atoms with van der Waals surface area (Å²) in [4.78, 5) is 18.1. The first-order valence-corrected chi connectivity index (χ1v) is 7.12. The van der Waals surface area contributed by atoms with E-state index in [0.29, 0.717) is 18.2 Å². The van der Waals surface area contributed by atoms with E-state index >= 15 is 0 Å². The molecule has 1 rings (SSSR count). The van der Waals surface area contributed by atoms with Crippen molar-refractivity contribution < 1.29 is 4.79 Å². The minimum atomic E-state index is -0.106. The number of carbonyl (C=O) groups is 1. The summed E-state index contributed by atoms with van der Waals surface area (Å²) in [6, 6.07) is 3.64. The summed E-state index contributed by atoms with van der Waals surface area (Å²) in [5, 5.41) is 6.14. The predicted molar refractivity (Wildman–Crippen MR) is 83.1 cm³/mol. The van der Waals surface area contributed by atoms with Gasteiger partial charge < -0.3 is 15.5 Å². The number of anilines is 1. The zero-order valence-corrected chi connectivity index (χ0v) is 12.9. The average Bonchev–Trinajstić information content (AvgIpc) is 2.38. The van der Waals surface area contributed by atoms with E-state index in [0.717, 1.165) is 25.2 Å². The Bertz CT molecular complexity index is 401. The van der Waals surface area contributed by atoms with Gasteiger partial charge in [-0.25, -0.2) is 4.98 Å². The highest BCUT2D eigenvalue weighted by Gasteiger charge is 2.06. The fourth-order valence-electron chi connectivity index (χ4n) is 1.62. The standard InChI is InChI=1S/C15H26N4O/c1-12(2)7-8-17-15(20)14-6-5-13(11-18-14)16-9-10-19(3)4/h5-6,11-12,16H,7-10H2,1-4H3,(H,17,20). The van der Waals surface area contributed by atoms with Gasteiger partial charge in [0.2, 0.25) is 0 Å². The largest absolute Gasteiger partial charge is 0.383 e. The molecule has 0 atom stereocenters. The molecule has 0 saturated carbocycles. The van der Waals surface area contributed by atoms with Crippen molar-refractivity contribution in [1.82, 2.24) is 15.2 Å². The number of likely N-dealkylation sites (N-methyl/N-ethyl adjacent to an activating group) is 1. The zero-order chi connectivity index (χ0) is 15.0. The summed E-state index contributed by atoms with van der Waals surface area (Å²) >= 11 is 0. The van der Waals surface area contributed by atoms with Crippen LogP contribution in [0.3, 0.4) is 0 Å². The second-order valence-corrected chi connectivity index (χ2v) is 5.60. The van der Waals surface area contributed by atoms with Crippen molar-refractivity contribution in [2.75, 3.05) is 39.0 Å². The Morgan fingerprint density at radius 1 is 1.30 bits per heavy atom. The van der Waals surface area contributed by atoms with Gasteiger partial charge >= 0.3 is 0 Å². The molecule has 2 N–H and O–H groups in total. The Balaban J connectivity index is 2.39. The van der Waals surface area contributed by atoms with Crippen LogP contribution in [0.4, 0.5) is 5.69 Å². The van der Waals surface area contributed by atoms with E-state index in [1.165, 1.54) is 0 Å². The van der Waals surface area contributed by atoms with Gasteiger partial charge in [-0.2, -0.15) is 0 Å². The molecule has 0 spiro atoms. The first kappa shape index (κ1) is 16.4. The summed E-state index contributed by atoms with van der Waals surface area (Å²) in [5.74, 6) is 0.483. The molecule has 0 aliphatic carbocycles. The molecule has 0 unspecified atom stereocenters. The molecule has 0 radical (unpaired) electrons. The Morgan fingerprint density at radius 3 is 2.60 bits per heavy atom. The topological polar surface area (TPSA) is 57.3 Å². The van der Waals surface area contributed by atoms with Crippen LogP contribution in [0.15, 0.2) is 18.3 Å². The van der Waals surface area contributed by atoms with E-state index in [9.17, 15) is 4.79 Å². The molecule has 5 heteroatoms. The predicted octanol–water partition coefficient (Wildman–Crippen LogP) is 1.83. The number of pyridine rings is 1. The van der Waals surface area contributed by atoms with Gasteiger partial charge in [-0.3, -0.25) is 4.79 Å². The van der Waals surface area contributed by atoms with Gasteiger partial charge in [0, 0.05) is 19.6 Å². The van der Waals surface area contributed by atoms with Crippen LogP contribution in [0.25, 0.3) is 0 Å². The molecular formula is C15H26N4O. The van der Waals surface area contributed by atoms with Crippen LogP contribution in [-0.4, -0.2) is 49.5 Å². The molecule has 0 fully saturated rings. The summed E-state index contributed by atoms with van der Waals surface area (Å²) in [6.45, 7) is 6.78. The fraction of sp³-hybridized carbons (Fsp3) is 0.600. The van der Waals surface area contributed by atoms with E-state index in [-0.39, 0.29) is 5.91 Å². The minimum absolute atomic E-state index is 0.106. The molecule has 0 bridgehead atoms. The quantitative estimate of drug-likeness (QED) is 0.762. The van der Waals surface area contributed by atoms with Crippen molar-refractivity contribution in [2.45, 2.75) is 20.3 Å². The van der Waals surface area contributed by atoms with Crippen LogP contribution in [0.2, 0.25) is 0 Å². The first-order valence-electron chi connectivity index (χ1n) is 7.12. The number of hydrogen-bond acceptors (Lipinski definition) is 4. The van der Waals surface area contributed by atoms with Crippen molar-refractivity contribution in [3.05, 3.63) is 24.0 Å². The minimum Gasteiger partial charge on any atom is -0.383 e. The number of aromatic nitrogens is 1. The van der Waals surface area contributed by atoms with E-state index in [1.807, 2.05) is 20.2 Å². The van der Waals surface area contributed by atoms with Crippen LogP contribution in [0, 0.1) is 5.92 Å². The molecule has 0 aromatic carbocycles. The van der Waals surface area contributed by atoms with Gasteiger partial charge in [-0.05, 0) is 38.6 Å². The molecule has 20 heavy (non-hydrogen) atoms. The summed E-state index contributed by atoms with van der Waals surface area (Å²) in [5.41, 5.74) is 1.40. The Labute approximate surface area is 121 Å². The summed E-state index contributed by atoms with van der Waals surface area (Å²) in [6.07, 6.45) is 2.68. The van der Waals surface area contributed by atoms with E-state index < -0.39 is 0 Å². The van der Waals surface area contributed by atoms with Crippen LogP contribution in [0.1, 0.15) is 30.8 Å². The van der Waals surface area contributed by atoms with Gasteiger partial charge in [-0.1, -0.05) is 13.8 Å². The van der Waals surface area contributed by atoms with Crippen molar-refractivity contribution in [2.24, 2.45) is 5.92 Å². The van der Waals surface area contributed by atoms with Crippen molar-refractivity contribution >= 4 is 11.6 Å². The normalized spacial score (nSPS) is 10.9. The van der Waals surface area contributed by atoms with Crippen molar-refractivity contribution in [3.63, 3.8) is 0 Å².